The highest BCUT2D eigenvalue weighted by molar-refractivity contribution is 6.14. The molecule has 0 heterocycles. The Morgan fingerprint density at radius 2 is 0.678 bits per heavy atom. The lowest BCUT2D eigenvalue weighted by atomic mass is 9.98. The Morgan fingerprint density at radius 3 is 1.03 bits per heavy atom. The molecular formula is C77H90N4O6. The van der Waals surface area contributed by atoms with Gasteiger partial charge in [-0.25, -0.2) is 0 Å². The van der Waals surface area contributed by atoms with E-state index in [1.807, 2.05) is 189 Å². The van der Waals surface area contributed by atoms with Gasteiger partial charge in [0.05, 0.1) is 5.69 Å². The van der Waals surface area contributed by atoms with Gasteiger partial charge in [-0.2, -0.15) is 0 Å². The molecule has 1 atom stereocenters. The maximum atomic E-state index is 13.0. The van der Waals surface area contributed by atoms with Crippen molar-refractivity contribution in [1.29, 1.82) is 0 Å². The van der Waals surface area contributed by atoms with Crippen molar-refractivity contribution in [1.82, 2.24) is 9.80 Å². The van der Waals surface area contributed by atoms with E-state index in [1.165, 1.54) is 59.6 Å². The molecular weight excluding hydrogens is 1080 g/mol. The fraction of sp³-hybridized carbons (Fsp3) is 0.299. The topological polar surface area (TPSA) is 115 Å². The number of imide groups is 2. The van der Waals surface area contributed by atoms with Gasteiger partial charge >= 0.3 is 0 Å². The second kappa shape index (κ2) is 40.3. The van der Waals surface area contributed by atoms with Crippen LogP contribution in [-0.4, -0.2) is 71.9 Å². The summed E-state index contributed by atoms with van der Waals surface area (Å²) in [5, 5.41) is 0. The Hall–Kier alpha value is -9.02. The average molecular weight is 1170 g/mol. The third-order valence-corrected chi connectivity index (χ3v) is 15.0. The maximum Gasteiger partial charge on any atom is 0.234 e. The molecule has 8 rings (SSSR count). The number of anilines is 2. The minimum absolute atomic E-state index is 0.104. The number of hydrogen-bond donors (Lipinski definition) is 0. The number of unbranched alkanes of at least 4 members (excludes halogenated alkanes) is 1. The van der Waals surface area contributed by atoms with E-state index in [0.717, 1.165) is 61.2 Å². The Labute approximate surface area is 518 Å². The van der Waals surface area contributed by atoms with E-state index in [4.69, 9.17) is 0 Å². The number of amides is 6. The third-order valence-electron chi connectivity index (χ3n) is 15.0. The van der Waals surface area contributed by atoms with Crippen LogP contribution in [0.15, 0.2) is 243 Å². The van der Waals surface area contributed by atoms with Crippen molar-refractivity contribution >= 4 is 46.8 Å². The first-order chi connectivity index (χ1) is 42.3. The zero-order chi connectivity index (χ0) is 62.3. The summed E-state index contributed by atoms with van der Waals surface area (Å²) in [6, 6.07) is 79.2. The molecule has 0 aliphatic rings. The molecule has 10 nitrogen and oxygen atoms in total. The summed E-state index contributed by atoms with van der Waals surface area (Å²) in [7, 11) is 1.82. The van der Waals surface area contributed by atoms with E-state index in [9.17, 15) is 28.8 Å². The monoisotopic (exact) mass is 1170 g/mol. The Bertz CT molecular complexity index is 3190. The molecule has 0 bridgehead atoms. The Kier molecular flexibility index (Phi) is 31.9. The molecule has 1 unspecified atom stereocenters. The van der Waals surface area contributed by atoms with Crippen LogP contribution < -0.4 is 9.80 Å². The molecule has 0 spiro atoms. The lowest BCUT2D eigenvalue weighted by Gasteiger charge is -2.28. The van der Waals surface area contributed by atoms with E-state index in [1.54, 1.807) is 17.0 Å². The largest absolute Gasteiger partial charge is 0.342 e. The Morgan fingerprint density at radius 1 is 0.356 bits per heavy atom. The van der Waals surface area contributed by atoms with Crippen LogP contribution in [-0.2, 0) is 67.3 Å². The van der Waals surface area contributed by atoms with Crippen molar-refractivity contribution in [3.8, 4) is 0 Å². The molecule has 10 heteroatoms. The van der Waals surface area contributed by atoms with Crippen LogP contribution in [0.25, 0.3) is 0 Å². The van der Waals surface area contributed by atoms with E-state index in [-0.39, 0.29) is 29.5 Å². The van der Waals surface area contributed by atoms with E-state index in [0.29, 0.717) is 69.0 Å². The van der Waals surface area contributed by atoms with E-state index in [2.05, 4.69) is 67.3 Å². The number of carbonyl (C=O) groups is 6. The summed E-state index contributed by atoms with van der Waals surface area (Å²) < 4.78 is 0. The normalized spacial score (nSPS) is 10.7. The van der Waals surface area contributed by atoms with Gasteiger partial charge < -0.3 is 9.80 Å². The molecule has 8 aromatic rings. The zero-order valence-electron chi connectivity index (χ0n) is 51.9. The highest BCUT2D eigenvalue weighted by atomic mass is 16.2. The number of aryl methyl sites for hydroxylation is 4. The SMILES string of the molecule is CC(=O)N(C(=O)CCc1ccccc1)c1ccccc1.CC(=O)N(CCc1ccccc1)C(=O)CCc1ccccc1.CCCCC(CC)CN(CCc1ccccc1)C(=O)CCc1ccccc1.CN(C(=O)CCc1ccccc1)c1ccccc1. The summed E-state index contributed by atoms with van der Waals surface area (Å²) in [6.45, 7) is 9.51. The summed E-state index contributed by atoms with van der Waals surface area (Å²) in [4.78, 5) is 79.4. The van der Waals surface area contributed by atoms with E-state index >= 15 is 0 Å². The van der Waals surface area contributed by atoms with Gasteiger partial charge in [-0.05, 0) is 109 Å². The van der Waals surface area contributed by atoms with Crippen LogP contribution in [0.5, 0.6) is 0 Å². The fourth-order valence-corrected chi connectivity index (χ4v) is 9.83. The van der Waals surface area contributed by atoms with Crippen molar-refractivity contribution in [3.63, 3.8) is 0 Å². The predicted molar refractivity (Wildman–Crippen MR) is 356 cm³/mol. The van der Waals surface area contributed by atoms with Crippen LogP contribution in [0.1, 0.15) is 112 Å². The highest BCUT2D eigenvalue weighted by Crippen LogP contribution is 2.19. The fourth-order valence-electron chi connectivity index (χ4n) is 9.83. The molecule has 0 aromatic heterocycles. The molecule has 0 saturated heterocycles. The summed E-state index contributed by atoms with van der Waals surface area (Å²) in [5.41, 5.74) is 8.65. The summed E-state index contributed by atoms with van der Waals surface area (Å²) in [5.74, 6) is 0.333. The minimum atomic E-state index is -0.255. The molecule has 0 saturated carbocycles. The van der Waals surface area contributed by atoms with Crippen molar-refractivity contribution in [2.75, 3.05) is 36.5 Å². The van der Waals surface area contributed by atoms with E-state index < -0.39 is 0 Å². The van der Waals surface area contributed by atoms with Crippen molar-refractivity contribution in [2.45, 2.75) is 118 Å². The van der Waals surface area contributed by atoms with Gasteiger partial charge in [-0.3, -0.25) is 38.6 Å². The molecule has 0 fully saturated rings. The predicted octanol–water partition coefficient (Wildman–Crippen LogP) is 15.6. The lowest BCUT2D eigenvalue weighted by molar-refractivity contribution is -0.143. The molecule has 8 aromatic carbocycles. The first kappa shape index (κ1) is 68.8. The van der Waals surface area contributed by atoms with Crippen LogP contribution in [0, 0.1) is 5.92 Å². The molecule has 6 amide bonds. The number of benzene rings is 8. The van der Waals surface area contributed by atoms with Gasteiger partial charge in [0, 0.05) is 71.9 Å². The van der Waals surface area contributed by atoms with Crippen LogP contribution >= 0.6 is 0 Å². The lowest BCUT2D eigenvalue weighted by Crippen LogP contribution is -2.37. The van der Waals surface area contributed by atoms with Gasteiger partial charge in [-0.1, -0.05) is 251 Å². The van der Waals surface area contributed by atoms with Gasteiger partial charge in [0.15, 0.2) is 0 Å². The first-order valence-corrected chi connectivity index (χ1v) is 30.9. The second-order valence-electron chi connectivity index (χ2n) is 21.6. The average Bonchev–Trinajstić information content (AvgIpc) is 3.74. The number of nitrogens with zero attached hydrogens (tertiary/aromatic N) is 4. The maximum absolute atomic E-state index is 13.0. The minimum Gasteiger partial charge on any atom is -0.342 e. The van der Waals surface area contributed by atoms with Crippen molar-refractivity contribution in [2.24, 2.45) is 5.92 Å². The highest BCUT2D eigenvalue weighted by Gasteiger charge is 2.21. The summed E-state index contributed by atoms with van der Waals surface area (Å²) in [6.07, 6.45) is 11.2. The molecule has 87 heavy (non-hydrogen) atoms. The first-order valence-electron chi connectivity index (χ1n) is 30.9. The van der Waals surface area contributed by atoms with Crippen LogP contribution in [0.3, 0.4) is 0 Å². The van der Waals surface area contributed by atoms with Gasteiger partial charge in [0.1, 0.15) is 0 Å². The van der Waals surface area contributed by atoms with Crippen LogP contribution in [0.2, 0.25) is 0 Å². The van der Waals surface area contributed by atoms with Gasteiger partial charge in [-0.15, -0.1) is 0 Å². The van der Waals surface area contributed by atoms with Crippen molar-refractivity contribution < 1.29 is 28.8 Å². The Balaban J connectivity index is 0.000000214. The molecule has 0 radical (unpaired) electrons. The molecule has 0 N–H and O–H groups in total. The second-order valence-corrected chi connectivity index (χ2v) is 21.6. The van der Waals surface area contributed by atoms with Crippen LogP contribution in [0.4, 0.5) is 11.4 Å². The van der Waals surface area contributed by atoms with Gasteiger partial charge in [0.25, 0.3) is 0 Å². The third kappa shape index (κ3) is 26.8. The number of carbonyl (C=O) groups excluding carboxylic acids is 6. The molecule has 0 aliphatic heterocycles. The number of rotatable bonds is 26. The standard InChI is InChI=1S/C25H35NO.C19H21NO2.C17H17NO2.C16H17NO/c1-3-5-12-22(4-2)21-26(20-19-24-15-10-7-11-16-24)25(27)18-17-23-13-8-6-9-14-23;1-16(21)20(15-14-18-10-6-3-7-11-18)19(22)13-12-17-8-4-2-5-9-17;1-14(19)18(16-10-6-3-7-11-16)17(20)13-12-15-8-4-2-5-9-15;1-17(15-10-6-3-7-11-15)16(18)13-12-14-8-4-2-5-9-14/h6-11,13-16,22H,3-5,12,17-21H2,1-2H3;2-11H,12-15H2,1H3;2-11H,12-13H2,1H3;2-11H,12-13H2,1H3. The molecule has 0 aliphatic carbocycles. The summed E-state index contributed by atoms with van der Waals surface area (Å²) >= 11 is 0. The zero-order valence-corrected chi connectivity index (χ0v) is 51.9. The number of hydrogen-bond acceptors (Lipinski definition) is 6. The van der Waals surface area contributed by atoms with Crippen molar-refractivity contribution in [3.05, 3.63) is 276 Å². The quantitative estimate of drug-likeness (QED) is 0.0533. The number of para-hydroxylation sites is 2. The molecule has 454 valence electrons. The smallest absolute Gasteiger partial charge is 0.234 e. The van der Waals surface area contributed by atoms with Gasteiger partial charge in [0.2, 0.25) is 35.4 Å².